The van der Waals surface area contributed by atoms with E-state index in [0.29, 0.717) is 21.0 Å². The van der Waals surface area contributed by atoms with Crippen LogP contribution in [0.3, 0.4) is 0 Å². The van der Waals surface area contributed by atoms with Crippen LogP contribution in [0, 0.1) is 34.5 Å². The fraction of sp³-hybridized carbons (Fsp3) is 1.00. The molecule has 1 N–H and O–H groups in total. The summed E-state index contributed by atoms with van der Waals surface area (Å²) in [5, 5.41) is 10.4. The van der Waals surface area contributed by atoms with Gasteiger partial charge in [-0.3, -0.25) is 0 Å². The highest BCUT2D eigenvalue weighted by Crippen LogP contribution is 2.67. The van der Waals surface area contributed by atoms with Gasteiger partial charge in [-0.2, -0.15) is 0 Å². The van der Waals surface area contributed by atoms with Gasteiger partial charge in [0.25, 0.3) is 0 Å². The van der Waals surface area contributed by atoms with Crippen LogP contribution >= 0.6 is 27.5 Å². The van der Waals surface area contributed by atoms with Crippen molar-refractivity contribution in [2.75, 3.05) is 0 Å². The number of halogens is 2. The molecular weight excluding hydrogens is 360 g/mol. The van der Waals surface area contributed by atoms with Gasteiger partial charge in [-0.05, 0) is 85.9 Å². The normalized spacial score (nSPS) is 61.2. The van der Waals surface area contributed by atoms with Crippen molar-refractivity contribution >= 4 is 27.5 Å². The molecule has 0 amide bonds. The monoisotopic (exact) mass is 388 g/mol. The van der Waals surface area contributed by atoms with Crippen molar-refractivity contribution in [3.8, 4) is 0 Å². The number of fused-ring (bicyclic) bond motifs is 5. The van der Waals surface area contributed by atoms with Gasteiger partial charge in [0, 0.05) is 10.2 Å². The Bertz CT molecular complexity index is 457. The minimum atomic E-state index is -0.0332. The lowest BCUT2D eigenvalue weighted by molar-refractivity contribution is -0.120. The zero-order valence-corrected chi connectivity index (χ0v) is 16.2. The van der Waals surface area contributed by atoms with Crippen LogP contribution in [0.5, 0.6) is 0 Å². The average Bonchev–Trinajstić information content (AvgIpc) is 2.72. The average molecular weight is 390 g/mol. The lowest BCUT2D eigenvalue weighted by Gasteiger charge is -2.60. The maximum absolute atomic E-state index is 10.1. The van der Waals surface area contributed by atoms with E-state index >= 15 is 0 Å². The summed E-state index contributed by atoms with van der Waals surface area (Å²) in [5.41, 5.74) is 0.890. The summed E-state index contributed by atoms with van der Waals surface area (Å²) in [6, 6.07) is 0. The summed E-state index contributed by atoms with van der Waals surface area (Å²) in [6.45, 7) is 5.05. The largest absolute Gasteiger partial charge is 0.393 e. The fourth-order valence-electron chi connectivity index (χ4n) is 7.14. The van der Waals surface area contributed by atoms with E-state index in [1.54, 1.807) is 0 Å². The first-order valence-electron chi connectivity index (χ1n) is 9.32. The van der Waals surface area contributed by atoms with Crippen LogP contribution in [-0.4, -0.2) is 21.4 Å². The maximum Gasteiger partial charge on any atom is 0.0543 e. The van der Waals surface area contributed by atoms with E-state index in [1.807, 2.05) is 0 Å². The Morgan fingerprint density at radius 3 is 2.45 bits per heavy atom. The predicted molar refractivity (Wildman–Crippen MR) is 95.5 cm³/mol. The van der Waals surface area contributed by atoms with Gasteiger partial charge in [-0.1, -0.05) is 29.8 Å². The van der Waals surface area contributed by atoms with Crippen molar-refractivity contribution in [1.29, 1.82) is 0 Å². The van der Waals surface area contributed by atoms with Gasteiger partial charge < -0.3 is 5.11 Å². The number of alkyl halides is 2. The Morgan fingerprint density at radius 2 is 1.68 bits per heavy atom. The summed E-state index contributed by atoms with van der Waals surface area (Å²) in [4.78, 5) is 0.492. The second-order valence-electron chi connectivity index (χ2n) is 9.28. The lowest BCUT2D eigenvalue weighted by Crippen LogP contribution is -2.54. The molecule has 0 radical (unpaired) electrons. The van der Waals surface area contributed by atoms with Crippen molar-refractivity contribution in [2.45, 2.75) is 81.5 Å². The zero-order valence-electron chi connectivity index (χ0n) is 13.9. The summed E-state index contributed by atoms with van der Waals surface area (Å²) in [7, 11) is 0. The van der Waals surface area contributed by atoms with Gasteiger partial charge >= 0.3 is 0 Å². The SMILES string of the molecule is C[C@]12CC[C@H](O)CC1CCC1C2CC[C@@]2(C)C1C[C@@H](Cl)C2Br. The van der Waals surface area contributed by atoms with E-state index < -0.39 is 0 Å². The molecule has 4 rings (SSSR count). The van der Waals surface area contributed by atoms with Crippen LogP contribution in [0.4, 0.5) is 0 Å². The molecule has 0 aliphatic heterocycles. The number of rotatable bonds is 0. The quantitative estimate of drug-likeness (QED) is 0.552. The van der Waals surface area contributed by atoms with Crippen molar-refractivity contribution < 1.29 is 5.11 Å². The molecule has 126 valence electrons. The summed E-state index contributed by atoms with van der Waals surface area (Å²) >= 11 is 10.6. The Labute approximate surface area is 148 Å². The number of aliphatic hydroxyl groups excluding tert-OH is 1. The molecule has 0 aromatic carbocycles. The van der Waals surface area contributed by atoms with E-state index in [4.69, 9.17) is 11.6 Å². The number of hydrogen-bond donors (Lipinski definition) is 1. The van der Waals surface area contributed by atoms with Crippen molar-refractivity contribution in [1.82, 2.24) is 0 Å². The Balaban J connectivity index is 1.63. The van der Waals surface area contributed by atoms with Gasteiger partial charge in [0.15, 0.2) is 0 Å². The third-order valence-corrected chi connectivity index (χ3v) is 10.9. The first-order chi connectivity index (χ1) is 10.4. The molecule has 5 unspecified atom stereocenters. The van der Waals surface area contributed by atoms with Crippen LogP contribution in [0.25, 0.3) is 0 Å². The molecule has 4 aliphatic carbocycles. The molecule has 9 atom stereocenters. The predicted octanol–water partition coefficient (Wildman–Crippen LogP) is 5.37. The highest BCUT2D eigenvalue weighted by atomic mass is 79.9. The molecule has 0 bridgehead atoms. The van der Waals surface area contributed by atoms with E-state index in [9.17, 15) is 5.11 Å². The highest BCUT2D eigenvalue weighted by Gasteiger charge is 2.61. The van der Waals surface area contributed by atoms with E-state index in [1.165, 1.54) is 38.5 Å². The molecule has 1 nitrogen and oxygen atoms in total. The van der Waals surface area contributed by atoms with Gasteiger partial charge in [-0.15, -0.1) is 11.6 Å². The Morgan fingerprint density at radius 1 is 0.955 bits per heavy atom. The molecule has 22 heavy (non-hydrogen) atoms. The third kappa shape index (κ3) is 2.12. The van der Waals surface area contributed by atoms with Crippen molar-refractivity contribution in [3.63, 3.8) is 0 Å². The first-order valence-corrected chi connectivity index (χ1v) is 10.7. The van der Waals surface area contributed by atoms with E-state index in [0.717, 1.165) is 36.5 Å². The van der Waals surface area contributed by atoms with E-state index in [2.05, 4.69) is 29.8 Å². The van der Waals surface area contributed by atoms with Gasteiger partial charge in [0.1, 0.15) is 0 Å². The van der Waals surface area contributed by atoms with Crippen LogP contribution in [0.1, 0.15) is 65.2 Å². The summed E-state index contributed by atoms with van der Waals surface area (Å²) in [5.74, 6) is 3.31. The maximum atomic E-state index is 10.1. The molecule has 4 aliphatic rings. The molecule has 4 saturated carbocycles. The Hall–Kier alpha value is 0.730. The fourth-order valence-corrected chi connectivity index (χ4v) is 8.41. The number of aliphatic hydroxyl groups is 1. The molecule has 0 aromatic heterocycles. The molecular formula is C19H30BrClO. The van der Waals surface area contributed by atoms with Crippen molar-refractivity contribution in [3.05, 3.63) is 0 Å². The van der Waals surface area contributed by atoms with Crippen LogP contribution in [0.2, 0.25) is 0 Å². The molecule has 0 heterocycles. The number of hydrogen-bond acceptors (Lipinski definition) is 1. The Kier molecular flexibility index (Phi) is 3.95. The molecule has 0 saturated heterocycles. The molecule has 3 heteroatoms. The molecule has 4 fully saturated rings. The molecule has 0 spiro atoms. The zero-order chi connectivity index (χ0) is 15.7. The third-order valence-electron chi connectivity index (χ3n) is 8.50. The van der Waals surface area contributed by atoms with Crippen LogP contribution in [0.15, 0.2) is 0 Å². The van der Waals surface area contributed by atoms with E-state index in [-0.39, 0.29) is 6.10 Å². The highest BCUT2D eigenvalue weighted by molar-refractivity contribution is 9.09. The minimum absolute atomic E-state index is 0.0332. The van der Waals surface area contributed by atoms with Gasteiger partial charge in [0.2, 0.25) is 0 Å². The standard InChI is InChI=1S/C19H30BrClO/c1-18-7-5-12(22)9-11(18)3-4-13-14(18)6-8-19(2)15(13)10-16(21)17(19)20/h11-17,22H,3-10H2,1-2H3/t11?,12-,13?,14?,15?,16+,17?,18-,19-/m0/s1. The lowest BCUT2D eigenvalue weighted by atomic mass is 9.45. The van der Waals surface area contributed by atoms with Gasteiger partial charge in [-0.25, -0.2) is 0 Å². The second kappa shape index (κ2) is 5.36. The summed E-state index contributed by atoms with van der Waals surface area (Å²) in [6.07, 6.45) is 9.93. The smallest absolute Gasteiger partial charge is 0.0543 e. The van der Waals surface area contributed by atoms with Crippen molar-refractivity contribution in [2.24, 2.45) is 34.5 Å². The minimum Gasteiger partial charge on any atom is -0.393 e. The topological polar surface area (TPSA) is 20.2 Å². The first kappa shape index (κ1) is 16.2. The summed E-state index contributed by atoms with van der Waals surface area (Å²) < 4.78 is 0. The van der Waals surface area contributed by atoms with Crippen LogP contribution in [-0.2, 0) is 0 Å². The molecule has 0 aromatic rings. The van der Waals surface area contributed by atoms with Crippen LogP contribution < -0.4 is 0 Å². The van der Waals surface area contributed by atoms with Gasteiger partial charge in [0.05, 0.1) is 6.10 Å². The second-order valence-corrected chi connectivity index (χ2v) is 10.8.